The van der Waals surface area contributed by atoms with Gasteiger partial charge in [0.2, 0.25) is 0 Å². The van der Waals surface area contributed by atoms with Gasteiger partial charge in [-0.05, 0) is 77.7 Å². The number of ether oxygens (including phenoxy) is 1. The Morgan fingerprint density at radius 1 is 1.27 bits per heavy atom. The number of rotatable bonds is 9. The van der Waals surface area contributed by atoms with E-state index in [0.717, 1.165) is 41.7 Å². The van der Waals surface area contributed by atoms with Gasteiger partial charge in [0.25, 0.3) is 5.56 Å². The molecule has 2 N–H and O–H groups in total. The molecule has 1 aliphatic rings. The Labute approximate surface area is 193 Å². The van der Waals surface area contributed by atoms with Crippen LogP contribution in [0.25, 0.3) is 10.9 Å². The first-order chi connectivity index (χ1) is 15.9. The number of benzene rings is 1. The van der Waals surface area contributed by atoms with Gasteiger partial charge < -0.3 is 14.8 Å². The van der Waals surface area contributed by atoms with Crippen molar-refractivity contribution in [2.45, 2.75) is 65.8 Å². The summed E-state index contributed by atoms with van der Waals surface area (Å²) in [6.07, 6.45) is 2.16. The van der Waals surface area contributed by atoms with Crippen LogP contribution >= 0.6 is 0 Å². The maximum absolute atomic E-state index is 12.9. The van der Waals surface area contributed by atoms with Crippen LogP contribution < -0.4 is 5.56 Å². The minimum Gasteiger partial charge on any atom is -0.395 e. The monoisotopic (exact) mass is 454 g/mol. The molecule has 1 fully saturated rings. The fourth-order valence-electron chi connectivity index (χ4n) is 4.72. The van der Waals surface area contributed by atoms with Crippen LogP contribution in [-0.2, 0) is 17.8 Å². The van der Waals surface area contributed by atoms with E-state index in [-0.39, 0.29) is 30.2 Å². The third kappa shape index (κ3) is 5.15. The van der Waals surface area contributed by atoms with Gasteiger partial charge in [0.1, 0.15) is 0 Å². The molecule has 1 aliphatic heterocycles. The molecule has 33 heavy (non-hydrogen) atoms. The van der Waals surface area contributed by atoms with Crippen molar-refractivity contribution < 1.29 is 9.84 Å². The lowest BCUT2D eigenvalue weighted by Crippen LogP contribution is -2.37. The maximum Gasteiger partial charge on any atom is 0.252 e. The summed E-state index contributed by atoms with van der Waals surface area (Å²) in [5.74, 6) is 0.896. The van der Waals surface area contributed by atoms with Gasteiger partial charge >= 0.3 is 0 Å². The highest BCUT2D eigenvalue weighted by Gasteiger charge is 2.30. The van der Waals surface area contributed by atoms with Gasteiger partial charge in [0.05, 0.1) is 25.3 Å². The number of pyridine rings is 1. The summed E-state index contributed by atoms with van der Waals surface area (Å²) in [6.45, 7) is 10.5. The first-order valence-corrected chi connectivity index (χ1v) is 11.7. The van der Waals surface area contributed by atoms with Crippen molar-refractivity contribution in [3.05, 3.63) is 51.1 Å². The zero-order valence-corrected chi connectivity index (χ0v) is 19.9. The molecule has 3 aromatic rings. The van der Waals surface area contributed by atoms with E-state index in [2.05, 4.69) is 52.2 Å². The number of nitrogens with one attached hydrogen (secondary N) is 1. The van der Waals surface area contributed by atoms with Crippen molar-refractivity contribution in [3.8, 4) is 0 Å². The molecule has 1 saturated heterocycles. The molecule has 0 spiro atoms. The summed E-state index contributed by atoms with van der Waals surface area (Å²) >= 11 is 0. The molecule has 0 unspecified atom stereocenters. The van der Waals surface area contributed by atoms with Gasteiger partial charge in [0, 0.05) is 30.8 Å². The third-order valence-electron chi connectivity index (χ3n) is 6.55. The smallest absolute Gasteiger partial charge is 0.252 e. The number of fused-ring (bicyclic) bond motifs is 1. The summed E-state index contributed by atoms with van der Waals surface area (Å²) in [7, 11) is 0. The molecule has 0 radical (unpaired) electrons. The lowest BCUT2D eigenvalue weighted by molar-refractivity contribution is 0.0819. The number of tetrazole rings is 1. The molecule has 9 nitrogen and oxygen atoms in total. The van der Waals surface area contributed by atoms with Crippen LogP contribution in [-0.4, -0.2) is 61.1 Å². The second-order valence-corrected chi connectivity index (χ2v) is 9.38. The highest BCUT2D eigenvalue weighted by atomic mass is 16.5. The minimum atomic E-state index is -0.164. The number of aliphatic hydroxyl groups excluding tert-OH is 1. The largest absolute Gasteiger partial charge is 0.395 e. The van der Waals surface area contributed by atoms with Crippen LogP contribution in [0.4, 0.5) is 0 Å². The van der Waals surface area contributed by atoms with Crippen LogP contribution in [0.5, 0.6) is 0 Å². The normalized spacial score (nSPS) is 17.5. The average molecular weight is 455 g/mol. The second kappa shape index (κ2) is 10.1. The number of aromatic nitrogens is 5. The number of hydrogen-bond acceptors (Lipinski definition) is 7. The first kappa shape index (κ1) is 23.5. The van der Waals surface area contributed by atoms with E-state index in [9.17, 15) is 9.90 Å². The van der Waals surface area contributed by atoms with Crippen LogP contribution in [0.15, 0.2) is 23.0 Å². The van der Waals surface area contributed by atoms with Gasteiger partial charge in [-0.1, -0.05) is 13.8 Å². The van der Waals surface area contributed by atoms with E-state index in [1.54, 1.807) is 0 Å². The number of hydrogen-bond donors (Lipinski definition) is 2. The number of aryl methyl sites for hydroxylation is 2. The van der Waals surface area contributed by atoms with E-state index in [1.165, 1.54) is 5.56 Å². The molecule has 0 aliphatic carbocycles. The van der Waals surface area contributed by atoms with E-state index < -0.39 is 0 Å². The van der Waals surface area contributed by atoms with Crippen molar-refractivity contribution in [2.24, 2.45) is 5.92 Å². The molecule has 4 rings (SSSR count). The van der Waals surface area contributed by atoms with E-state index in [0.29, 0.717) is 25.2 Å². The van der Waals surface area contributed by atoms with Crippen molar-refractivity contribution in [1.82, 2.24) is 30.1 Å². The molecule has 178 valence electrons. The standard InChI is InChI=1S/C24H34N6O3/c1-15(2)22(23-26-27-28-30(23)14-20-6-5-9-33-20)29(7-8-31)13-19-12-18-10-16(3)17(4)11-21(18)25-24(19)32/h10-12,15,20,22,31H,5-9,13-14H2,1-4H3,(H,25,32)/t20-,22-/m1/s1. The number of aliphatic hydroxyl groups is 1. The summed E-state index contributed by atoms with van der Waals surface area (Å²) < 4.78 is 7.61. The molecule has 0 amide bonds. The lowest BCUT2D eigenvalue weighted by Gasteiger charge is -2.33. The van der Waals surface area contributed by atoms with E-state index >= 15 is 0 Å². The molecule has 2 atom stereocenters. The van der Waals surface area contributed by atoms with Crippen molar-refractivity contribution in [3.63, 3.8) is 0 Å². The highest BCUT2D eigenvalue weighted by Crippen LogP contribution is 2.29. The highest BCUT2D eigenvalue weighted by molar-refractivity contribution is 5.80. The quantitative estimate of drug-likeness (QED) is 0.511. The summed E-state index contributed by atoms with van der Waals surface area (Å²) in [5.41, 5.74) is 3.70. The van der Waals surface area contributed by atoms with Crippen molar-refractivity contribution >= 4 is 10.9 Å². The Balaban J connectivity index is 1.67. The maximum atomic E-state index is 12.9. The average Bonchev–Trinajstić information content (AvgIpc) is 3.43. The van der Waals surface area contributed by atoms with Crippen LogP contribution in [0, 0.1) is 19.8 Å². The van der Waals surface area contributed by atoms with Gasteiger partial charge in [-0.15, -0.1) is 5.10 Å². The number of H-pyrrole nitrogens is 1. The number of aromatic amines is 1. The van der Waals surface area contributed by atoms with Gasteiger partial charge in [-0.25, -0.2) is 4.68 Å². The van der Waals surface area contributed by atoms with Crippen LogP contribution in [0.2, 0.25) is 0 Å². The van der Waals surface area contributed by atoms with Gasteiger partial charge in [-0.2, -0.15) is 0 Å². The predicted octanol–water partition coefficient (Wildman–Crippen LogP) is 2.50. The Bertz CT molecular complexity index is 1150. The Morgan fingerprint density at radius 3 is 2.76 bits per heavy atom. The molecular formula is C24H34N6O3. The molecule has 9 heteroatoms. The second-order valence-electron chi connectivity index (χ2n) is 9.38. The summed E-state index contributed by atoms with van der Waals surface area (Å²) in [5, 5.41) is 23.4. The molecule has 3 heterocycles. The van der Waals surface area contributed by atoms with E-state index in [1.807, 2.05) is 23.7 Å². The predicted molar refractivity (Wildman–Crippen MR) is 126 cm³/mol. The van der Waals surface area contributed by atoms with Crippen molar-refractivity contribution in [1.29, 1.82) is 0 Å². The number of nitrogens with zero attached hydrogens (tertiary/aromatic N) is 5. The Kier molecular flexibility index (Phi) is 7.21. The van der Waals surface area contributed by atoms with Gasteiger partial charge in [0.15, 0.2) is 5.82 Å². The summed E-state index contributed by atoms with van der Waals surface area (Å²) in [4.78, 5) is 18.1. The van der Waals surface area contributed by atoms with Crippen LogP contribution in [0.1, 0.15) is 55.2 Å². The topological polar surface area (TPSA) is 109 Å². The Morgan fingerprint density at radius 2 is 2.06 bits per heavy atom. The fraction of sp³-hybridized carbons (Fsp3) is 0.583. The summed E-state index contributed by atoms with van der Waals surface area (Å²) in [6, 6.07) is 5.90. The zero-order valence-electron chi connectivity index (χ0n) is 19.9. The van der Waals surface area contributed by atoms with Crippen molar-refractivity contribution in [2.75, 3.05) is 19.8 Å². The zero-order chi connectivity index (χ0) is 23.5. The lowest BCUT2D eigenvalue weighted by atomic mass is 10.00. The van der Waals surface area contributed by atoms with Gasteiger partial charge in [-0.3, -0.25) is 9.69 Å². The Hall–Kier alpha value is -2.62. The first-order valence-electron chi connectivity index (χ1n) is 11.7. The molecule has 0 bridgehead atoms. The molecule has 0 saturated carbocycles. The molecular weight excluding hydrogens is 420 g/mol. The van der Waals surface area contributed by atoms with Crippen LogP contribution in [0.3, 0.4) is 0 Å². The SMILES string of the molecule is Cc1cc2cc(CN(CCO)[C@@H](c3nnnn3C[C@H]3CCCO3)C(C)C)c(=O)[nH]c2cc1C. The van der Waals surface area contributed by atoms with E-state index in [4.69, 9.17) is 4.74 Å². The third-order valence-corrected chi connectivity index (χ3v) is 6.55. The molecule has 2 aromatic heterocycles. The molecule has 1 aromatic carbocycles. The minimum absolute atomic E-state index is 0.0275. The fourth-order valence-corrected chi connectivity index (χ4v) is 4.72.